The molecule has 1 aromatic heterocycles. The lowest BCUT2D eigenvalue weighted by Crippen LogP contribution is -2.26. The molecule has 1 atom stereocenters. The maximum atomic E-state index is 10.6. The molecule has 0 aliphatic carbocycles. The number of halogens is 1. The molecule has 4 nitrogen and oxygen atoms in total. The maximum absolute atomic E-state index is 10.6. The molecule has 1 unspecified atom stereocenters. The summed E-state index contributed by atoms with van der Waals surface area (Å²) in [5, 5.41) is 19.0. The molecule has 120 valence electrons. The first-order valence-corrected chi connectivity index (χ1v) is 8.57. The van der Waals surface area contributed by atoms with Gasteiger partial charge in [0.25, 0.3) is 0 Å². The van der Waals surface area contributed by atoms with Crippen molar-refractivity contribution in [1.82, 2.24) is 9.13 Å². The van der Waals surface area contributed by atoms with Crippen LogP contribution in [0.2, 0.25) is 0 Å². The molecule has 2 aromatic carbocycles. The first-order valence-electron chi connectivity index (χ1n) is 7.78. The fourth-order valence-corrected chi connectivity index (χ4v) is 3.16. The van der Waals surface area contributed by atoms with Crippen LogP contribution in [0, 0.1) is 5.41 Å². The van der Waals surface area contributed by atoms with Crippen molar-refractivity contribution in [2.75, 3.05) is 0 Å². The number of para-hydroxylation sites is 2. The van der Waals surface area contributed by atoms with E-state index in [0.717, 1.165) is 34.0 Å². The zero-order valence-corrected chi connectivity index (χ0v) is 14.6. The minimum atomic E-state index is -0.641. The summed E-state index contributed by atoms with van der Waals surface area (Å²) in [5.41, 5.74) is 3.32. The van der Waals surface area contributed by atoms with Crippen molar-refractivity contribution in [1.29, 1.82) is 5.41 Å². The van der Waals surface area contributed by atoms with Crippen molar-refractivity contribution in [2.45, 2.75) is 32.5 Å². The van der Waals surface area contributed by atoms with E-state index in [1.165, 1.54) is 0 Å². The van der Waals surface area contributed by atoms with E-state index in [1.54, 1.807) is 0 Å². The molecule has 0 saturated heterocycles. The zero-order chi connectivity index (χ0) is 16.4. The number of nitrogens with zero attached hydrogens (tertiary/aromatic N) is 2. The highest BCUT2D eigenvalue weighted by atomic mass is 79.9. The molecule has 2 N–H and O–H groups in total. The summed E-state index contributed by atoms with van der Waals surface area (Å²) in [6.07, 6.45) is 0.331. The minimum absolute atomic E-state index is 0.373. The maximum Gasteiger partial charge on any atom is 0.203 e. The van der Waals surface area contributed by atoms with Crippen LogP contribution in [0.25, 0.3) is 11.0 Å². The van der Waals surface area contributed by atoms with Crippen LogP contribution in [0.3, 0.4) is 0 Å². The number of aryl methyl sites for hydroxylation is 1. The normalized spacial score (nSPS) is 12.7. The summed E-state index contributed by atoms with van der Waals surface area (Å²) in [5.74, 6) is 0. The molecule has 0 aliphatic heterocycles. The van der Waals surface area contributed by atoms with Crippen LogP contribution >= 0.6 is 15.9 Å². The van der Waals surface area contributed by atoms with Gasteiger partial charge in [0, 0.05) is 11.0 Å². The van der Waals surface area contributed by atoms with Crippen LogP contribution in [0.4, 0.5) is 0 Å². The second kappa shape index (κ2) is 6.72. The Balaban J connectivity index is 2.01. The number of hydrogen-bond acceptors (Lipinski definition) is 2. The van der Waals surface area contributed by atoms with Gasteiger partial charge in [-0.25, -0.2) is 0 Å². The minimum Gasteiger partial charge on any atom is -0.387 e. The second-order valence-corrected chi connectivity index (χ2v) is 6.56. The predicted octanol–water partition coefficient (Wildman–Crippen LogP) is 3.83. The molecule has 1 heterocycles. The number of imidazole rings is 1. The van der Waals surface area contributed by atoms with Gasteiger partial charge in [-0.3, -0.25) is 5.41 Å². The highest BCUT2D eigenvalue weighted by Gasteiger charge is 2.14. The molecule has 0 fully saturated rings. The van der Waals surface area contributed by atoms with E-state index in [-0.39, 0.29) is 0 Å². The van der Waals surface area contributed by atoms with Crippen molar-refractivity contribution in [2.24, 2.45) is 0 Å². The Labute approximate surface area is 143 Å². The van der Waals surface area contributed by atoms with Gasteiger partial charge in [0.05, 0.1) is 23.7 Å². The third kappa shape index (κ3) is 3.12. The van der Waals surface area contributed by atoms with E-state index in [9.17, 15) is 5.11 Å². The molecular formula is C18H20BrN3O. The molecule has 5 heteroatoms. The summed E-state index contributed by atoms with van der Waals surface area (Å²) in [7, 11) is 0. The number of nitrogens with one attached hydrogen (secondary N) is 1. The fraction of sp³-hybridized carbons (Fsp3) is 0.278. The van der Waals surface area contributed by atoms with Crippen LogP contribution in [0.1, 0.15) is 25.0 Å². The number of fused-ring (bicyclic) bond motifs is 1. The van der Waals surface area contributed by atoms with Crippen LogP contribution in [-0.4, -0.2) is 14.2 Å². The number of aromatic nitrogens is 2. The Morgan fingerprint density at radius 3 is 2.26 bits per heavy atom. The quantitative estimate of drug-likeness (QED) is 0.701. The summed E-state index contributed by atoms with van der Waals surface area (Å²) >= 11 is 3.41. The van der Waals surface area contributed by atoms with Gasteiger partial charge in [-0.05, 0) is 36.2 Å². The Kier molecular flexibility index (Phi) is 4.68. The van der Waals surface area contributed by atoms with Gasteiger partial charge in [-0.1, -0.05) is 47.1 Å². The van der Waals surface area contributed by atoms with Gasteiger partial charge in [0.15, 0.2) is 0 Å². The summed E-state index contributed by atoms with van der Waals surface area (Å²) in [6, 6.07) is 15.7. The molecule has 3 aromatic rings. The largest absolute Gasteiger partial charge is 0.387 e. The van der Waals surface area contributed by atoms with Crippen molar-refractivity contribution in [3.63, 3.8) is 0 Å². The summed E-state index contributed by atoms with van der Waals surface area (Å²) in [4.78, 5) is 0. The molecular weight excluding hydrogens is 354 g/mol. The van der Waals surface area contributed by atoms with Gasteiger partial charge < -0.3 is 14.2 Å². The predicted molar refractivity (Wildman–Crippen MR) is 95.2 cm³/mol. The lowest BCUT2D eigenvalue weighted by molar-refractivity contribution is 0.155. The van der Waals surface area contributed by atoms with Gasteiger partial charge in [0.1, 0.15) is 0 Å². The van der Waals surface area contributed by atoms with Crippen LogP contribution < -0.4 is 5.62 Å². The number of benzene rings is 2. The van der Waals surface area contributed by atoms with Crippen molar-refractivity contribution in [3.8, 4) is 0 Å². The Morgan fingerprint density at radius 1 is 1.04 bits per heavy atom. The molecule has 0 saturated carbocycles. The van der Waals surface area contributed by atoms with Crippen LogP contribution in [0.5, 0.6) is 0 Å². The highest BCUT2D eigenvalue weighted by molar-refractivity contribution is 9.10. The first kappa shape index (κ1) is 16.0. The van der Waals surface area contributed by atoms with Gasteiger partial charge >= 0.3 is 0 Å². The Bertz CT molecular complexity index is 864. The monoisotopic (exact) mass is 373 g/mol. The average Bonchev–Trinajstić information content (AvgIpc) is 2.82. The van der Waals surface area contributed by atoms with Crippen LogP contribution in [-0.2, 0) is 13.1 Å². The van der Waals surface area contributed by atoms with Crippen molar-refractivity contribution < 1.29 is 5.11 Å². The van der Waals surface area contributed by atoms with E-state index in [0.29, 0.717) is 12.2 Å². The third-order valence-corrected chi connectivity index (χ3v) is 4.56. The SMILES string of the molecule is CCCn1c(=N)n(CC(O)c2ccc(Br)cc2)c2ccccc21. The van der Waals surface area contributed by atoms with Crippen LogP contribution in [0.15, 0.2) is 53.0 Å². The van der Waals surface area contributed by atoms with Crippen molar-refractivity contribution >= 4 is 27.0 Å². The van der Waals surface area contributed by atoms with E-state index in [2.05, 4.69) is 22.9 Å². The molecule has 0 amide bonds. The van der Waals surface area contributed by atoms with E-state index in [4.69, 9.17) is 5.41 Å². The fourth-order valence-electron chi connectivity index (χ4n) is 2.89. The number of hydrogen-bond donors (Lipinski definition) is 2. The van der Waals surface area contributed by atoms with Gasteiger partial charge in [-0.15, -0.1) is 0 Å². The summed E-state index contributed by atoms with van der Waals surface area (Å²) < 4.78 is 4.88. The zero-order valence-electron chi connectivity index (χ0n) is 13.0. The smallest absolute Gasteiger partial charge is 0.203 e. The topological polar surface area (TPSA) is 53.9 Å². The molecule has 23 heavy (non-hydrogen) atoms. The van der Waals surface area contributed by atoms with E-state index < -0.39 is 6.10 Å². The Hall–Kier alpha value is -1.85. The first-order chi connectivity index (χ1) is 11.1. The third-order valence-electron chi connectivity index (χ3n) is 4.03. The lowest BCUT2D eigenvalue weighted by Gasteiger charge is -2.13. The average molecular weight is 374 g/mol. The van der Waals surface area contributed by atoms with Crippen molar-refractivity contribution in [3.05, 3.63) is 64.2 Å². The number of aliphatic hydroxyl groups excluding tert-OH is 1. The molecule has 0 aliphatic rings. The molecule has 3 rings (SSSR count). The molecule has 0 bridgehead atoms. The van der Waals surface area contributed by atoms with Gasteiger partial charge in [0.2, 0.25) is 5.62 Å². The second-order valence-electron chi connectivity index (χ2n) is 5.64. The van der Waals surface area contributed by atoms with Gasteiger partial charge in [-0.2, -0.15) is 0 Å². The van der Waals surface area contributed by atoms with E-state index >= 15 is 0 Å². The standard InChI is InChI=1S/C18H20BrN3O/c1-2-11-21-15-5-3-4-6-16(15)22(18(21)20)12-17(23)13-7-9-14(19)10-8-13/h3-10,17,20,23H,2,11-12H2,1H3. The lowest BCUT2D eigenvalue weighted by atomic mass is 10.1. The van der Waals surface area contributed by atoms with E-state index in [1.807, 2.05) is 57.7 Å². The Morgan fingerprint density at radius 2 is 1.65 bits per heavy atom. The number of rotatable bonds is 5. The molecule has 0 radical (unpaired) electrons. The number of aliphatic hydroxyl groups is 1. The highest BCUT2D eigenvalue weighted by Crippen LogP contribution is 2.20. The summed E-state index contributed by atoms with van der Waals surface area (Å²) in [6.45, 7) is 3.29. The molecule has 0 spiro atoms.